The van der Waals surface area contributed by atoms with E-state index >= 15 is 0 Å². The molecule has 0 spiro atoms. The Balaban J connectivity index is 2.45. The van der Waals surface area contributed by atoms with Gasteiger partial charge in [-0.2, -0.15) is 0 Å². The monoisotopic (exact) mass is 230 g/mol. The van der Waals surface area contributed by atoms with Crippen molar-refractivity contribution in [3.05, 3.63) is 16.3 Å². The second kappa shape index (κ2) is 2.71. The van der Waals surface area contributed by atoms with E-state index in [-0.39, 0.29) is 0 Å². The van der Waals surface area contributed by atoms with Gasteiger partial charge in [-0.05, 0) is 15.9 Å². The number of hydrogen-bond acceptors (Lipinski definition) is 4. The smallest absolute Gasteiger partial charge is 0.190 e. The van der Waals surface area contributed by atoms with Crippen molar-refractivity contribution < 1.29 is 0 Å². The number of nitrogens with one attached hydrogen (secondary N) is 1. The molecule has 0 fully saturated rings. The summed E-state index contributed by atoms with van der Waals surface area (Å²) in [7, 11) is 0. The maximum absolute atomic E-state index is 4.15. The molecule has 0 aromatic carbocycles. The second-order valence-electron chi connectivity index (χ2n) is 1.81. The molecule has 0 amide bonds. The summed E-state index contributed by atoms with van der Waals surface area (Å²) in [5.41, 5.74) is 0. The zero-order chi connectivity index (χ0) is 7.68. The molecule has 0 bridgehead atoms. The SMILES string of the molecule is Brc1csc(-c2nnc[nH]2)n1. The molecule has 0 saturated heterocycles. The highest BCUT2D eigenvalue weighted by Crippen LogP contribution is 2.21. The lowest BCUT2D eigenvalue weighted by Crippen LogP contribution is -1.77. The fraction of sp³-hybridized carbons (Fsp3) is 0. The Morgan fingerprint density at radius 1 is 1.55 bits per heavy atom. The summed E-state index contributed by atoms with van der Waals surface area (Å²) in [6.07, 6.45) is 1.53. The van der Waals surface area contributed by atoms with Gasteiger partial charge in [0.15, 0.2) is 10.8 Å². The first-order chi connectivity index (χ1) is 5.36. The molecule has 0 aliphatic rings. The number of aromatic nitrogens is 4. The predicted molar refractivity (Wildman–Crippen MR) is 45.2 cm³/mol. The molecule has 11 heavy (non-hydrogen) atoms. The first kappa shape index (κ1) is 6.93. The second-order valence-corrected chi connectivity index (χ2v) is 3.48. The van der Waals surface area contributed by atoms with Gasteiger partial charge in [-0.3, -0.25) is 0 Å². The lowest BCUT2D eigenvalue weighted by Gasteiger charge is -1.82. The van der Waals surface area contributed by atoms with Gasteiger partial charge in [-0.25, -0.2) is 4.98 Å². The first-order valence-corrected chi connectivity index (χ1v) is 4.51. The number of rotatable bonds is 1. The van der Waals surface area contributed by atoms with Gasteiger partial charge >= 0.3 is 0 Å². The van der Waals surface area contributed by atoms with Crippen LogP contribution in [0.5, 0.6) is 0 Å². The summed E-state index contributed by atoms with van der Waals surface area (Å²) in [5.74, 6) is 0.709. The molecule has 2 heterocycles. The largest absolute Gasteiger partial charge is 0.326 e. The zero-order valence-electron chi connectivity index (χ0n) is 5.28. The van der Waals surface area contributed by atoms with Crippen LogP contribution in [0, 0.1) is 0 Å². The highest BCUT2D eigenvalue weighted by molar-refractivity contribution is 9.10. The minimum atomic E-state index is 0.709. The zero-order valence-corrected chi connectivity index (χ0v) is 7.69. The molecule has 0 radical (unpaired) electrons. The maximum Gasteiger partial charge on any atom is 0.190 e. The standard InChI is InChI=1S/C5H3BrN4S/c6-3-1-11-5(9-3)4-7-2-8-10-4/h1-2H,(H,7,8,10). The summed E-state index contributed by atoms with van der Waals surface area (Å²) in [6.45, 7) is 0. The van der Waals surface area contributed by atoms with Crippen LogP contribution in [0.3, 0.4) is 0 Å². The average Bonchev–Trinajstić information content (AvgIpc) is 2.55. The first-order valence-electron chi connectivity index (χ1n) is 2.84. The molecule has 6 heteroatoms. The Bertz CT molecular complexity index is 341. The molecule has 1 N–H and O–H groups in total. The van der Waals surface area contributed by atoms with Crippen LogP contribution in [0.4, 0.5) is 0 Å². The average molecular weight is 231 g/mol. The minimum Gasteiger partial charge on any atom is -0.326 e. The van der Waals surface area contributed by atoms with Gasteiger partial charge in [0.05, 0.1) is 0 Å². The van der Waals surface area contributed by atoms with Crippen LogP contribution in [0.1, 0.15) is 0 Å². The minimum absolute atomic E-state index is 0.709. The van der Waals surface area contributed by atoms with Crippen LogP contribution in [-0.4, -0.2) is 20.2 Å². The number of thiazole rings is 1. The summed E-state index contributed by atoms with van der Waals surface area (Å²) in [6, 6.07) is 0. The van der Waals surface area contributed by atoms with Gasteiger partial charge in [0.1, 0.15) is 10.9 Å². The van der Waals surface area contributed by atoms with Crippen molar-refractivity contribution in [3.8, 4) is 10.8 Å². The van der Waals surface area contributed by atoms with Gasteiger partial charge in [0.2, 0.25) is 0 Å². The number of aromatic amines is 1. The van der Waals surface area contributed by atoms with Crippen molar-refractivity contribution in [1.29, 1.82) is 0 Å². The highest BCUT2D eigenvalue weighted by atomic mass is 79.9. The topological polar surface area (TPSA) is 54.5 Å². The van der Waals surface area contributed by atoms with Crippen LogP contribution in [0.25, 0.3) is 10.8 Å². The number of nitrogens with zero attached hydrogens (tertiary/aromatic N) is 3. The van der Waals surface area contributed by atoms with E-state index in [1.54, 1.807) is 0 Å². The quantitative estimate of drug-likeness (QED) is 0.812. The van der Waals surface area contributed by atoms with Crippen LogP contribution in [-0.2, 0) is 0 Å². The molecule has 0 saturated carbocycles. The van der Waals surface area contributed by atoms with Crippen molar-refractivity contribution >= 4 is 27.3 Å². The third kappa shape index (κ3) is 1.31. The molecule has 0 unspecified atom stereocenters. The van der Waals surface area contributed by atoms with E-state index in [1.165, 1.54) is 17.7 Å². The van der Waals surface area contributed by atoms with E-state index in [4.69, 9.17) is 0 Å². The predicted octanol–water partition coefficient (Wildman–Crippen LogP) is 1.69. The molecule has 0 atom stereocenters. The van der Waals surface area contributed by atoms with Gasteiger partial charge in [-0.1, -0.05) is 0 Å². The van der Waals surface area contributed by atoms with E-state index in [0.717, 1.165) is 9.61 Å². The lowest BCUT2D eigenvalue weighted by atomic mass is 10.7. The molecule has 2 aromatic heterocycles. The normalized spacial score (nSPS) is 10.3. The summed E-state index contributed by atoms with van der Waals surface area (Å²) < 4.78 is 0.828. The van der Waals surface area contributed by atoms with E-state index < -0.39 is 0 Å². The summed E-state index contributed by atoms with van der Waals surface area (Å²) >= 11 is 4.77. The fourth-order valence-electron chi connectivity index (χ4n) is 0.673. The molecule has 56 valence electrons. The summed E-state index contributed by atoms with van der Waals surface area (Å²) in [4.78, 5) is 7.03. The molecule has 0 aliphatic carbocycles. The lowest BCUT2D eigenvalue weighted by molar-refractivity contribution is 1.09. The Kier molecular flexibility index (Phi) is 1.71. The van der Waals surface area contributed by atoms with Crippen LogP contribution < -0.4 is 0 Å². The molecular weight excluding hydrogens is 228 g/mol. The van der Waals surface area contributed by atoms with Crippen LogP contribution in [0.2, 0.25) is 0 Å². The molecule has 2 aromatic rings. The maximum atomic E-state index is 4.15. The van der Waals surface area contributed by atoms with Gasteiger partial charge < -0.3 is 4.98 Å². The Labute approximate surface area is 74.8 Å². The Hall–Kier alpha value is -0.750. The van der Waals surface area contributed by atoms with E-state index in [2.05, 4.69) is 36.1 Å². The van der Waals surface area contributed by atoms with E-state index in [0.29, 0.717) is 5.82 Å². The highest BCUT2D eigenvalue weighted by Gasteiger charge is 2.04. The number of H-pyrrole nitrogens is 1. The van der Waals surface area contributed by atoms with Crippen molar-refractivity contribution in [1.82, 2.24) is 20.2 Å². The molecule has 0 aliphatic heterocycles. The van der Waals surface area contributed by atoms with E-state index in [1.807, 2.05) is 5.38 Å². The van der Waals surface area contributed by atoms with Crippen molar-refractivity contribution in [3.63, 3.8) is 0 Å². The molecule has 4 nitrogen and oxygen atoms in total. The van der Waals surface area contributed by atoms with Gasteiger partial charge in [-0.15, -0.1) is 21.5 Å². The van der Waals surface area contributed by atoms with Crippen molar-refractivity contribution in [2.24, 2.45) is 0 Å². The third-order valence-corrected chi connectivity index (χ3v) is 2.65. The number of halogens is 1. The molecule has 2 rings (SSSR count). The van der Waals surface area contributed by atoms with Crippen molar-refractivity contribution in [2.75, 3.05) is 0 Å². The van der Waals surface area contributed by atoms with Gasteiger partial charge in [0, 0.05) is 5.38 Å². The fourth-order valence-corrected chi connectivity index (χ4v) is 1.87. The Morgan fingerprint density at radius 3 is 3.00 bits per heavy atom. The van der Waals surface area contributed by atoms with Crippen LogP contribution >= 0.6 is 27.3 Å². The Morgan fingerprint density at radius 2 is 2.45 bits per heavy atom. The molecular formula is C5H3BrN4S. The van der Waals surface area contributed by atoms with Crippen molar-refractivity contribution in [2.45, 2.75) is 0 Å². The summed E-state index contributed by atoms with van der Waals surface area (Å²) in [5, 5.41) is 10.2. The third-order valence-electron chi connectivity index (χ3n) is 1.10. The van der Waals surface area contributed by atoms with Crippen LogP contribution in [0.15, 0.2) is 16.3 Å². The van der Waals surface area contributed by atoms with E-state index in [9.17, 15) is 0 Å². The van der Waals surface area contributed by atoms with Gasteiger partial charge in [0.25, 0.3) is 0 Å². The number of hydrogen-bond donors (Lipinski definition) is 1.